The second-order valence-electron chi connectivity index (χ2n) is 6.55. The summed E-state index contributed by atoms with van der Waals surface area (Å²) in [5.74, 6) is 1.77. The van der Waals surface area contributed by atoms with Crippen molar-refractivity contribution in [2.24, 2.45) is 0 Å². The van der Waals surface area contributed by atoms with Crippen molar-refractivity contribution in [1.82, 2.24) is 9.55 Å². The van der Waals surface area contributed by atoms with Crippen LogP contribution in [0.2, 0.25) is 5.02 Å². The topological polar surface area (TPSA) is 53.3 Å². The number of para-hydroxylation sites is 1. The second-order valence-corrected chi connectivity index (χ2v) is 6.99. The van der Waals surface area contributed by atoms with Crippen LogP contribution in [0.4, 0.5) is 0 Å². The molecule has 0 bridgehead atoms. The number of ether oxygens (including phenoxy) is 2. The van der Waals surface area contributed by atoms with Crippen molar-refractivity contribution in [1.29, 1.82) is 0 Å². The van der Waals surface area contributed by atoms with Gasteiger partial charge in [0.25, 0.3) is 5.56 Å². The molecule has 0 radical (unpaired) electrons. The number of aromatic nitrogens is 2. The largest absolute Gasteiger partial charge is 0.497 e. The fraction of sp³-hybridized carbons (Fsp3) is 0.0833. The van der Waals surface area contributed by atoms with Crippen LogP contribution in [-0.2, 0) is 0 Å². The zero-order chi connectivity index (χ0) is 21.1. The molecule has 0 atom stereocenters. The molecule has 0 aliphatic carbocycles. The Hall–Kier alpha value is -3.57. The van der Waals surface area contributed by atoms with E-state index in [1.54, 1.807) is 44.6 Å². The minimum Gasteiger partial charge on any atom is -0.497 e. The van der Waals surface area contributed by atoms with E-state index in [-0.39, 0.29) is 5.56 Å². The van der Waals surface area contributed by atoms with Crippen LogP contribution >= 0.6 is 11.6 Å². The molecule has 0 spiro atoms. The Balaban J connectivity index is 1.94. The normalized spacial score (nSPS) is 11.2. The number of halogens is 1. The van der Waals surface area contributed by atoms with E-state index >= 15 is 0 Å². The van der Waals surface area contributed by atoms with Gasteiger partial charge in [-0.2, -0.15) is 0 Å². The van der Waals surface area contributed by atoms with E-state index in [4.69, 9.17) is 26.1 Å². The molecular weight excluding hydrogens is 400 g/mol. The standard InChI is InChI=1S/C24H19ClN2O3/c1-29-18-11-7-16(8-12-18)9-14-23-26-20-6-4-3-5-19(20)24(28)27(23)21-15-17(25)10-13-22(21)30-2/h3-15H,1-2H3/b14-9+. The van der Waals surface area contributed by atoms with Gasteiger partial charge in [0, 0.05) is 5.02 Å². The van der Waals surface area contributed by atoms with Gasteiger partial charge in [0.05, 0.1) is 30.8 Å². The summed E-state index contributed by atoms with van der Waals surface area (Å²) in [6.07, 6.45) is 3.69. The number of methoxy groups -OCH3 is 2. The van der Waals surface area contributed by atoms with Crippen molar-refractivity contribution in [2.45, 2.75) is 0 Å². The summed E-state index contributed by atoms with van der Waals surface area (Å²) in [6, 6.07) is 20.0. The van der Waals surface area contributed by atoms with Gasteiger partial charge in [0.2, 0.25) is 0 Å². The molecule has 6 heteroatoms. The molecule has 1 heterocycles. The van der Waals surface area contributed by atoms with E-state index in [2.05, 4.69) is 0 Å². The highest BCUT2D eigenvalue weighted by Gasteiger charge is 2.15. The maximum Gasteiger partial charge on any atom is 0.266 e. The lowest BCUT2D eigenvalue weighted by atomic mass is 10.2. The highest BCUT2D eigenvalue weighted by atomic mass is 35.5. The predicted octanol–water partition coefficient (Wildman–Crippen LogP) is 5.23. The average Bonchev–Trinajstić information content (AvgIpc) is 2.78. The van der Waals surface area contributed by atoms with E-state index in [1.165, 1.54) is 4.57 Å². The quantitative estimate of drug-likeness (QED) is 0.445. The van der Waals surface area contributed by atoms with Gasteiger partial charge in [-0.05, 0) is 54.1 Å². The zero-order valence-electron chi connectivity index (χ0n) is 16.5. The maximum absolute atomic E-state index is 13.4. The minimum atomic E-state index is -0.199. The van der Waals surface area contributed by atoms with Crippen molar-refractivity contribution >= 4 is 34.7 Å². The first-order chi connectivity index (χ1) is 14.6. The Morgan fingerprint density at radius 2 is 1.70 bits per heavy atom. The average molecular weight is 419 g/mol. The fourth-order valence-corrected chi connectivity index (χ4v) is 3.38. The molecule has 0 fully saturated rings. The van der Waals surface area contributed by atoms with Crippen LogP contribution in [0.25, 0.3) is 28.7 Å². The Kier molecular flexibility index (Phi) is 5.55. The van der Waals surface area contributed by atoms with Gasteiger partial charge in [0.1, 0.15) is 17.3 Å². The van der Waals surface area contributed by atoms with Crippen molar-refractivity contribution < 1.29 is 9.47 Å². The van der Waals surface area contributed by atoms with Crippen LogP contribution < -0.4 is 15.0 Å². The molecule has 4 rings (SSSR count). The molecule has 5 nitrogen and oxygen atoms in total. The molecule has 4 aromatic rings. The first kappa shape index (κ1) is 19.7. The molecule has 150 valence electrons. The van der Waals surface area contributed by atoms with Gasteiger partial charge >= 0.3 is 0 Å². The highest BCUT2D eigenvalue weighted by molar-refractivity contribution is 6.30. The number of nitrogens with zero attached hydrogens (tertiary/aromatic N) is 2. The Labute approximate surface area is 178 Å². The van der Waals surface area contributed by atoms with Gasteiger partial charge in [0.15, 0.2) is 0 Å². The maximum atomic E-state index is 13.4. The second kappa shape index (κ2) is 8.43. The van der Waals surface area contributed by atoms with Crippen molar-refractivity contribution in [3.05, 3.63) is 93.5 Å². The van der Waals surface area contributed by atoms with E-state index in [1.807, 2.05) is 48.5 Å². The molecule has 0 N–H and O–H groups in total. The number of rotatable bonds is 5. The first-order valence-electron chi connectivity index (χ1n) is 9.28. The number of hydrogen-bond acceptors (Lipinski definition) is 4. The van der Waals surface area contributed by atoms with E-state index in [0.29, 0.717) is 33.2 Å². The summed E-state index contributed by atoms with van der Waals surface area (Å²) < 4.78 is 12.2. The summed E-state index contributed by atoms with van der Waals surface area (Å²) in [4.78, 5) is 18.1. The third-order valence-corrected chi connectivity index (χ3v) is 4.96. The SMILES string of the molecule is COc1ccc(/C=C/c2nc3ccccc3c(=O)n2-c2cc(Cl)ccc2OC)cc1. The Morgan fingerprint density at radius 1 is 0.933 bits per heavy atom. The van der Waals surface area contributed by atoms with Crippen LogP contribution in [0.3, 0.4) is 0 Å². The van der Waals surface area contributed by atoms with Crippen molar-refractivity contribution in [3.8, 4) is 17.2 Å². The summed E-state index contributed by atoms with van der Waals surface area (Å²) in [5, 5.41) is 1.01. The van der Waals surface area contributed by atoms with Gasteiger partial charge in [-0.25, -0.2) is 4.98 Å². The summed E-state index contributed by atoms with van der Waals surface area (Å²) in [6.45, 7) is 0. The molecule has 0 saturated heterocycles. The molecule has 0 saturated carbocycles. The number of hydrogen-bond donors (Lipinski definition) is 0. The fourth-order valence-electron chi connectivity index (χ4n) is 3.22. The lowest BCUT2D eigenvalue weighted by molar-refractivity contribution is 0.412. The summed E-state index contributed by atoms with van der Waals surface area (Å²) in [7, 11) is 3.18. The molecular formula is C24H19ClN2O3. The Bertz CT molecular complexity index is 1290. The number of benzene rings is 3. The third-order valence-electron chi connectivity index (χ3n) is 4.72. The van der Waals surface area contributed by atoms with Gasteiger partial charge in [-0.1, -0.05) is 41.9 Å². The van der Waals surface area contributed by atoms with E-state index in [0.717, 1.165) is 11.3 Å². The molecule has 30 heavy (non-hydrogen) atoms. The van der Waals surface area contributed by atoms with Crippen molar-refractivity contribution in [2.75, 3.05) is 14.2 Å². The van der Waals surface area contributed by atoms with E-state index < -0.39 is 0 Å². The van der Waals surface area contributed by atoms with Crippen LogP contribution in [-0.4, -0.2) is 23.8 Å². The zero-order valence-corrected chi connectivity index (χ0v) is 17.3. The molecule has 3 aromatic carbocycles. The van der Waals surface area contributed by atoms with Crippen LogP contribution in [0.5, 0.6) is 11.5 Å². The number of fused-ring (bicyclic) bond motifs is 1. The lowest BCUT2D eigenvalue weighted by Crippen LogP contribution is -2.22. The predicted molar refractivity (Wildman–Crippen MR) is 121 cm³/mol. The smallest absolute Gasteiger partial charge is 0.266 e. The lowest BCUT2D eigenvalue weighted by Gasteiger charge is -2.15. The first-order valence-corrected chi connectivity index (χ1v) is 9.66. The molecule has 0 unspecified atom stereocenters. The Morgan fingerprint density at radius 3 is 2.43 bits per heavy atom. The van der Waals surface area contributed by atoms with Crippen LogP contribution in [0.15, 0.2) is 71.5 Å². The molecule has 0 aliphatic rings. The monoisotopic (exact) mass is 418 g/mol. The van der Waals surface area contributed by atoms with Crippen LogP contribution in [0.1, 0.15) is 11.4 Å². The highest BCUT2D eigenvalue weighted by Crippen LogP contribution is 2.27. The van der Waals surface area contributed by atoms with Gasteiger partial charge in [-0.3, -0.25) is 9.36 Å². The van der Waals surface area contributed by atoms with E-state index in [9.17, 15) is 4.79 Å². The van der Waals surface area contributed by atoms with Gasteiger partial charge < -0.3 is 9.47 Å². The molecule has 0 aliphatic heterocycles. The summed E-state index contributed by atoms with van der Waals surface area (Å²) >= 11 is 6.23. The third kappa shape index (κ3) is 3.80. The minimum absolute atomic E-state index is 0.199. The van der Waals surface area contributed by atoms with Crippen LogP contribution in [0, 0.1) is 0 Å². The molecule has 1 aromatic heterocycles. The van der Waals surface area contributed by atoms with Gasteiger partial charge in [-0.15, -0.1) is 0 Å². The molecule has 0 amide bonds. The van der Waals surface area contributed by atoms with Crippen molar-refractivity contribution in [3.63, 3.8) is 0 Å². The summed E-state index contributed by atoms with van der Waals surface area (Å²) in [5.41, 5.74) is 1.90.